The Morgan fingerprint density at radius 1 is 1.14 bits per heavy atom. The van der Waals surface area contributed by atoms with Gasteiger partial charge in [-0.15, -0.1) is 24.5 Å². The highest BCUT2D eigenvalue weighted by Crippen LogP contribution is 2.26. The van der Waals surface area contributed by atoms with Gasteiger partial charge in [0.1, 0.15) is 24.2 Å². The lowest BCUT2D eigenvalue weighted by atomic mass is 10.2. The summed E-state index contributed by atoms with van der Waals surface area (Å²) in [6.07, 6.45) is -5.60. The molecule has 2 heterocycles. The van der Waals surface area contributed by atoms with E-state index < -0.39 is 28.1 Å². The van der Waals surface area contributed by atoms with E-state index in [0.29, 0.717) is 38.5 Å². The summed E-state index contributed by atoms with van der Waals surface area (Å²) < 4.78 is 73.1. The van der Waals surface area contributed by atoms with Gasteiger partial charge in [0.15, 0.2) is 9.84 Å². The van der Waals surface area contributed by atoms with Crippen molar-refractivity contribution in [3.8, 4) is 11.5 Å². The fourth-order valence-corrected chi connectivity index (χ4v) is 6.08. The van der Waals surface area contributed by atoms with Gasteiger partial charge in [-0.25, -0.2) is 13.4 Å². The Morgan fingerprint density at radius 3 is 2.59 bits per heavy atom. The number of halogens is 3. The molecule has 13 heteroatoms. The quantitative estimate of drug-likeness (QED) is 0.406. The number of ether oxygens (including phenoxy) is 2. The smallest absolute Gasteiger partial charge is 0.491 e. The maximum absolute atomic E-state index is 12.6. The van der Waals surface area contributed by atoms with Crippen LogP contribution in [0.4, 0.5) is 13.2 Å². The van der Waals surface area contributed by atoms with Crippen molar-refractivity contribution in [2.24, 2.45) is 0 Å². The molecule has 1 radical (unpaired) electrons. The van der Waals surface area contributed by atoms with Crippen LogP contribution in [0.3, 0.4) is 0 Å². The predicted octanol–water partition coefficient (Wildman–Crippen LogP) is 3.13. The predicted molar refractivity (Wildman–Crippen MR) is 133 cm³/mol. The molecule has 2 aromatic carbocycles. The molecule has 1 saturated heterocycles. The molecular formula is C24H27F3N3O5S2. The number of benzene rings is 2. The van der Waals surface area contributed by atoms with Crippen molar-refractivity contribution in [2.75, 3.05) is 51.6 Å². The molecule has 1 fully saturated rings. The van der Waals surface area contributed by atoms with E-state index >= 15 is 0 Å². The fourth-order valence-electron chi connectivity index (χ4n) is 4.01. The van der Waals surface area contributed by atoms with Crippen molar-refractivity contribution in [1.29, 1.82) is 0 Å². The number of aliphatic hydroxyl groups excluding tert-OH is 1. The highest BCUT2D eigenvalue weighted by atomic mass is 32.2. The number of hydrogen-bond donors (Lipinski definition) is 1. The zero-order valence-electron chi connectivity index (χ0n) is 20.1. The number of sulfone groups is 1. The third-order valence-corrected chi connectivity index (χ3v) is 8.41. The second kappa shape index (κ2) is 11.5. The van der Waals surface area contributed by atoms with Crippen LogP contribution in [0, 0.1) is 13.0 Å². The molecule has 37 heavy (non-hydrogen) atoms. The summed E-state index contributed by atoms with van der Waals surface area (Å²) in [7, 11) is -3.84. The molecule has 0 spiro atoms. The minimum atomic E-state index is -4.91. The largest absolute Gasteiger partial charge is 0.573 e. The Morgan fingerprint density at radius 2 is 1.86 bits per heavy atom. The van der Waals surface area contributed by atoms with E-state index in [4.69, 9.17) is 4.74 Å². The molecule has 1 aromatic heterocycles. The van der Waals surface area contributed by atoms with Gasteiger partial charge in [0.2, 0.25) is 0 Å². The van der Waals surface area contributed by atoms with Crippen LogP contribution in [0.5, 0.6) is 11.5 Å². The van der Waals surface area contributed by atoms with E-state index in [9.17, 15) is 26.7 Å². The molecule has 1 aliphatic rings. The highest BCUT2D eigenvalue weighted by Gasteiger charge is 2.31. The van der Waals surface area contributed by atoms with Crippen LogP contribution < -0.4 is 9.47 Å². The normalized spacial score (nSPS) is 16.7. The molecule has 0 aliphatic carbocycles. The molecule has 0 unspecified atom stereocenters. The van der Waals surface area contributed by atoms with E-state index in [0.717, 1.165) is 33.4 Å². The maximum atomic E-state index is 12.6. The molecule has 201 valence electrons. The minimum Gasteiger partial charge on any atom is -0.491 e. The Kier molecular flexibility index (Phi) is 8.59. The van der Waals surface area contributed by atoms with Gasteiger partial charge in [-0.1, -0.05) is 0 Å². The van der Waals surface area contributed by atoms with Crippen molar-refractivity contribution in [1.82, 2.24) is 14.8 Å². The summed E-state index contributed by atoms with van der Waals surface area (Å²) in [5.41, 5.74) is 0.868. The van der Waals surface area contributed by atoms with Gasteiger partial charge >= 0.3 is 6.36 Å². The van der Waals surface area contributed by atoms with Gasteiger partial charge in [0.25, 0.3) is 0 Å². The number of aliphatic hydroxyl groups is 1. The Bertz CT molecular complexity index is 1310. The van der Waals surface area contributed by atoms with E-state index in [1.54, 1.807) is 11.3 Å². The van der Waals surface area contributed by atoms with Crippen LogP contribution in [0.1, 0.15) is 5.01 Å². The number of fused-ring (bicyclic) bond motifs is 1. The van der Waals surface area contributed by atoms with E-state index in [2.05, 4.69) is 20.7 Å². The Labute approximate surface area is 217 Å². The number of aromatic nitrogens is 1. The fraction of sp³-hybridized carbons (Fsp3) is 0.458. The second-order valence-corrected chi connectivity index (χ2v) is 12.0. The zero-order chi connectivity index (χ0) is 26.6. The monoisotopic (exact) mass is 558 g/mol. The van der Waals surface area contributed by atoms with E-state index in [-0.39, 0.29) is 23.8 Å². The van der Waals surface area contributed by atoms with Crippen LogP contribution in [0.15, 0.2) is 41.3 Å². The molecule has 3 aromatic rings. The second-order valence-electron chi connectivity index (χ2n) is 8.72. The first kappa shape index (κ1) is 27.6. The number of piperazine rings is 1. The van der Waals surface area contributed by atoms with Gasteiger partial charge in [-0.05, 0) is 37.3 Å². The van der Waals surface area contributed by atoms with Gasteiger partial charge in [-0.2, -0.15) is 0 Å². The van der Waals surface area contributed by atoms with Crippen molar-refractivity contribution in [2.45, 2.75) is 24.3 Å². The highest BCUT2D eigenvalue weighted by molar-refractivity contribution is 7.91. The molecule has 1 atom stereocenters. The summed E-state index contributed by atoms with van der Waals surface area (Å²) in [5.74, 6) is -0.200. The van der Waals surface area contributed by atoms with Gasteiger partial charge < -0.3 is 14.6 Å². The van der Waals surface area contributed by atoms with Gasteiger partial charge in [-0.3, -0.25) is 9.80 Å². The number of thiazole rings is 1. The van der Waals surface area contributed by atoms with Crippen molar-refractivity contribution in [3.05, 3.63) is 47.5 Å². The van der Waals surface area contributed by atoms with E-state index in [1.165, 1.54) is 0 Å². The number of β-amino-alcohol motifs (C(OH)–C–C–N with tert-alkyl or cyclic N) is 1. The molecule has 4 rings (SSSR count). The summed E-state index contributed by atoms with van der Waals surface area (Å²) >= 11 is 1.61. The first-order chi connectivity index (χ1) is 17.5. The number of rotatable bonds is 10. The third kappa shape index (κ3) is 8.01. The SMILES string of the molecule is Cc1nc2cc(OC[C@H](O)CN3CCN(CCS(=O)(=O)c4[c]ccc(OC(F)(F)F)c4)CC3)ccc2s1. The minimum absolute atomic E-state index is 0.140. The molecular weight excluding hydrogens is 531 g/mol. The molecule has 1 aliphatic heterocycles. The summed E-state index contributed by atoms with van der Waals surface area (Å²) in [5, 5.41) is 11.4. The van der Waals surface area contributed by atoms with Crippen LogP contribution in [0.2, 0.25) is 0 Å². The molecule has 0 bridgehead atoms. The zero-order valence-corrected chi connectivity index (χ0v) is 21.7. The summed E-state index contributed by atoms with van der Waals surface area (Å²) in [4.78, 5) is 8.16. The summed E-state index contributed by atoms with van der Waals surface area (Å²) in [6, 6.07) is 11.1. The number of alkyl halides is 3. The third-order valence-electron chi connectivity index (χ3n) is 5.83. The van der Waals surface area contributed by atoms with Crippen LogP contribution in [-0.2, 0) is 9.84 Å². The lowest BCUT2D eigenvalue weighted by Gasteiger charge is -2.35. The van der Waals surface area contributed by atoms with Crippen LogP contribution in [-0.4, -0.2) is 92.4 Å². The Balaban J connectivity index is 1.19. The van der Waals surface area contributed by atoms with Crippen LogP contribution in [0.25, 0.3) is 10.2 Å². The average Bonchev–Trinajstić information content (AvgIpc) is 3.21. The maximum Gasteiger partial charge on any atom is 0.573 e. The Hall–Kier alpha value is -2.45. The first-order valence-corrected chi connectivity index (χ1v) is 14.1. The van der Waals surface area contributed by atoms with Crippen molar-refractivity contribution in [3.63, 3.8) is 0 Å². The first-order valence-electron chi connectivity index (χ1n) is 11.6. The molecule has 8 nitrogen and oxygen atoms in total. The standard InChI is InChI=1S/C24H27F3N3O5S2/c1-17-28-22-14-19(5-6-23(22)36-17)34-16-18(31)15-30-9-7-29(8-10-30)11-12-37(32,33)21-4-2-3-20(13-21)35-24(25,26)27/h2-3,5-6,13-14,18,31H,7-12,15-16H2,1H3/t18-/m1/s1. The van der Waals surface area contributed by atoms with Gasteiger partial charge in [0, 0.05) is 51.4 Å². The number of nitrogens with zero attached hydrogens (tertiary/aromatic N) is 3. The lowest BCUT2D eigenvalue weighted by molar-refractivity contribution is -0.274. The molecule has 1 N–H and O–H groups in total. The van der Waals surface area contributed by atoms with Gasteiger partial charge in [0.05, 0.1) is 25.9 Å². The van der Waals surface area contributed by atoms with Crippen molar-refractivity contribution < 1.29 is 36.2 Å². The number of aryl methyl sites for hydroxylation is 1. The van der Waals surface area contributed by atoms with Crippen molar-refractivity contribution >= 4 is 31.4 Å². The molecule has 0 saturated carbocycles. The topological polar surface area (TPSA) is 92.2 Å². The number of hydrogen-bond acceptors (Lipinski definition) is 9. The summed E-state index contributed by atoms with van der Waals surface area (Å²) in [6.45, 7) is 5.23. The lowest BCUT2D eigenvalue weighted by Crippen LogP contribution is -2.50. The van der Waals surface area contributed by atoms with E-state index in [1.807, 2.05) is 30.0 Å². The van der Waals surface area contributed by atoms with Crippen LogP contribution >= 0.6 is 11.3 Å². The average molecular weight is 559 g/mol. The molecule has 0 amide bonds.